The molecule has 0 spiro atoms. The summed E-state index contributed by atoms with van der Waals surface area (Å²) < 4.78 is 13.7. The highest BCUT2D eigenvalue weighted by Gasteiger charge is 2.33. The van der Waals surface area contributed by atoms with Gasteiger partial charge in [-0.3, -0.25) is 9.69 Å². The van der Waals surface area contributed by atoms with Gasteiger partial charge in [0.1, 0.15) is 17.2 Å². The molecule has 2 aliphatic heterocycles. The van der Waals surface area contributed by atoms with Crippen LogP contribution < -0.4 is 9.47 Å². The Kier molecular flexibility index (Phi) is 5.86. The molecule has 5 rings (SSSR count). The number of aromatic nitrogens is 1. The maximum Gasteiger partial charge on any atom is 0.231 e. The number of ketones is 1. The number of methoxy groups -OCH3 is 1. The fourth-order valence-corrected chi connectivity index (χ4v) is 5.54. The predicted molar refractivity (Wildman–Crippen MR) is 133 cm³/mol. The van der Waals surface area contributed by atoms with Crippen molar-refractivity contribution in [2.75, 3.05) is 20.2 Å². The lowest BCUT2D eigenvalue weighted by molar-refractivity contribution is 0.101. The van der Waals surface area contributed by atoms with E-state index in [1.807, 2.05) is 30.5 Å². The van der Waals surface area contributed by atoms with Crippen LogP contribution in [0.1, 0.15) is 48.7 Å². The zero-order chi connectivity index (χ0) is 24.0. The number of ether oxygens (including phenoxy) is 2. The molecule has 0 radical (unpaired) electrons. The first kappa shape index (κ1) is 22.5. The quantitative estimate of drug-likeness (QED) is 0.512. The molecule has 1 N–H and O–H groups in total. The van der Waals surface area contributed by atoms with Crippen LogP contribution in [0.15, 0.2) is 42.3 Å². The number of carbonyl (C=O) groups excluding carboxylic acids is 1. The molecule has 3 aromatic rings. The number of phenolic OH excluding ortho intramolecular Hbond substituents is 1. The van der Waals surface area contributed by atoms with E-state index in [1.54, 1.807) is 19.2 Å². The van der Waals surface area contributed by atoms with Crippen molar-refractivity contribution in [2.45, 2.75) is 40.3 Å². The van der Waals surface area contributed by atoms with E-state index < -0.39 is 0 Å². The number of carbonyl (C=O) groups is 1. The molecule has 0 amide bonds. The molecular formula is C28H32N2O4. The van der Waals surface area contributed by atoms with E-state index in [4.69, 9.17) is 9.47 Å². The third-order valence-electron chi connectivity index (χ3n) is 6.99. The van der Waals surface area contributed by atoms with Crippen LogP contribution in [0.5, 0.6) is 17.2 Å². The minimum Gasteiger partial charge on any atom is -0.507 e. The number of benzene rings is 2. The van der Waals surface area contributed by atoms with Crippen LogP contribution in [-0.4, -0.2) is 40.6 Å². The van der Waals surface area contributed by atoms with Crippen molar-refractivity contribution in [3.8, 4) is 17.2 Å². The average molecular weight is 461 g/mol. The molecule has 0 aliphatic carbocycles. The summed E-state index contributed by atoms with van der Waals surface area (Å²) in [4.78, 5) is 15.6. The number of hydrogen-bond acceptors (Lipinski definition) is 5. The van der Waals surface area contributed by atoms with Crippen LogP contribution in [0.4, 0.5) is 0 Å². The fourth-order valence-electron chi connectivity index (χ4n) is 5.54. The number of rotatable bonds is 5. The van der Waals surface area contributed by atoms with Crippen LogP contribution >= 0.6 is 0 Å². The van der Waals surface area contributed by atoms with Crippen molar-refractivity contribution >= 4 is 22.8 Å². The topological polar surface area (TPSA) is 63.9 Å². The van der Waals surface area contributed by atoms with Crippen molar-refractivity contribution in [3.63, 3.8) is 0 Å². The Morgan fingerprint density at radius 1 is 1.18 bits per heavy atom. The van der Waals surface area contributed by atoms with Gasteiger partial charge in [-0.1, -0.05) is 13.8 Å². The molecule has 2 aliphatic rings. The highest BCUT2D eigenvalue weighted by atomic mass is 16.5. The first-order valence-electron chi connectivity index (χ1n) is 12.1. The van der Waals surface area contributed by atoms with Crippen LogP contribution in [0.25, 0.3) is 17.0 Å². The summed E-state index contributed by atoms with van der Waals surface area (Å²) in [5, 5.41) is 11.7. The maximum absolute atomic E-state index is 13.3. The molecule has 6 heteroatoms. The highest BCUT2D eigenvalue weighted by Crippen LogP contribution is 2.41. The van der Waals surface area contributed by atoms with Gasteiger partial charge in [0.05, 0.1) is 18.2 Å². The van der Waals surface area contributed by atoms with Gasteiger partial charge in [0.2, 0.25) is 5.78 Å². The SMILES string of the molecule is CCn1cc(/C=C2/Oc3c(ccc(O)c3CN3C[C@H](C)C[C@@H](C)C3)C2=O)c2cc(OC)ccc21. The molecule has 6 nitrogen and oxygen atoms in total. The second-order valence-corrected chi connectivity index (χ2v) is 9.77. The predicted octanol–water partition coefficient (Wildman–Crippen LogP) is 5.47. The number of hydrogen-bond donors (Lipinski definition) is 1. The van der Waals surface area contributed by atoms with Gasteiger partial charge in [-0.2, -0.15) is 0 Å². The standard InChI is InChI=1S/C28H32N2O4/c1-5-30-15-19(22-12-20(33-4)6-8-24(22)30)11-26-27(32)21-7-9-25(31)23(28(21)34-26)16-29-13-17(2)10-18(3)14-29/h6-9,11-12,15,17-18,31H,5,10,13-14,16H2,1-4H3/b26-11+/t17-,18-/m1/s1. The number of fused-ring (bicyclic) bond motifs is 2. The summed E-state index contributed by atoms with van der Waals surface area (Å²) in [5.41, 5.74) is 3.17. The van der Waals surface area contributed by atoms with E-state index in [-0.39, 0.29) is 17.3 Å². The third-order valence-corrected chi connectivity index (χ3v) is 6.99. The lowest BCUT2D eigenvalue weighted by atomic mass is 9.91. The van der Waals surface area contributed by atoms with E-state index >= 15 is 0 Å². The fraction of sp³-hybridized carbons (Fsp3) is 0.393. The van der Waals surface area contributed by atoms with Crippen molar-refractivity contribution in [1.29, 1.82) is 0 Å². The van der Waals surface area contributed by atoms with Crippen LogP contribution in [0.2, 0.25) is 0 Å². The molecule has 0 bridgehead atoms. The van der Waals surface area contributed by atoms with Crippen molar-refractivity contribution in [3.05, 3.63) is 59.0 Å². The third kappa shape index (κ3) is 3.96. The Morgan fingerprint density at radius 2 is 1.94 bits per heavy atom. The number of piperidine rings is 1. The van der Waals surface area contributed by atoms with E-state index in [2.05, 4.69) is 30.2 Å². The highest BCUT2D eigenvalue weighted by molar-refractivity contribution is 6.15. The molecular weight excluding hydrogens is 428 g/mol. The zero-order valence-electron chi connectivity index (χ0n) is 20.3. The molecule has 1 fully saturated rings. The Morgan fingerprint density at radius 3 is 2.65 bits per heavy atom. The minimum absolute atomic E-state index is 0.156. The van der Waals surface area contributed by atoms with Crippen LogP contribution in [0.3, 0.4) is 0 Å². The molecule has 3 heterocycles. The molecule has 0 unspecified atom stereocenters. The van der Waals surface area contributed by atoms with Gasteiger partial charge in [0, 0.05) is 48.8 Å². The lowest BCUT2D eigenvalue weighted by Gasteiger charge is -2.35. The van der Waals surface area contributed by atoms with Gasteiger partial charge in [-0.15, -0.1) is 0 Å². The summed E-state index contributed by atoms with van der Waals surface area (Å²) in [6.45, 7) is 9.94. The number of Topliss-reactive ketones (excluding diaryl/α,β-unsaturated/α-hetero) is 1. The largest absolute Gasteiger partial charge is 0.507 e. The van der Waals surface area contributed by atoms with Gasteiger partial charge in [0.25, 0.3) is 0 Å². The van der Waals surface area contributed by atoms with Gasteiger partial charge in [0.15, 0.2) is 5.76 Å². The number of aryl methyl sites for hydroxylation is 1. The molecule has 34 heavy (non-hydrogen) atoms. The molecule has 1 saturated heterocycles. The van der Waals surface area contributed by atoms with E-state index in [0.29, 0.717) is 35.3 Å². The van der Waals surface area contributed by atoms with E-state index in [9.17, 15) is 9.90 Å². The van der Waals surface area contributed by atoms with Crippen molar-refractivity contribution in [2.24, 2.45) is 11.8 Å². The van der Waals surface area contributed by atoms with Crippen LogP contribution in [-0.2, 0) is 13.1 Å². The first-order chi connectivity index (χ1) is 16.4. The maximum atomic E-state index is 13.3. The van der Waals surface area contributed by atoms with Gasteiger partial charge < -0.3 is 19.1 Å². The van der Waals surface area contributed by atoms with Crippen LogP contribution in [0, 0.1) is 11.8 Å². The zero-order valence-corrected chi connectivity index (χ0v) is 20.3. The number of allylic oxidation sites excluding steroid dienone is 1. The summed E-state index contributed by atoms with van der Waals surface area (Å²) in [7, 11) is 1.65. The number of phenols is 1. The molecule has 2 atom stereocenters. The monoisotopic (exact) mass is 460 g/mol. The Labute approximate surface area is 200 Å². The number of nitrogens with zero attached hydrogens (tertiary/aromatic N) is 2. The van der Waals surface area contributed by atoms with Gasteiger partial charge >= 0.3 is 0 Å². The lowest BCUT2D eigenvalue weighted by Crippen LogP contribution is -2.38. The van der Waals surface area contributed by atoms with Gasteiger partial charge in [-0.25, -0.2) is 0 Å². The van der Waals surface area contributed by atoms with E-state index in [0.717, 1.165) is 41.9 Å². The molecule has 178 valence electrons. The van der Waals surface area contributed by atoms with Gasteiger partial charge in [-0.05, 0) is 61.6 Å². The summed E-state index contributed by atoms with van der Waals surface area (Å²) in [6, 6.07) is 9.23. The normalized spacial score (nSPS) is 21.8. The molecule has 2 aromatic carbocycles. The smallest absolute Gasteiger partial charge is 0.231 e. The summed E-state index contributed by atoms with van der Waals surface area (Å²) >= 11 is 0. The van der Waals surface area contributed by atoms with Crippen molar-refractivity contribution < 1.29 is 19.4 Å². The second-order valence-electron chi connectivity index (χ2n) is 9.77. The number of likely N-dealkylation sites (tertiary alicyclic amines) is 1. The Balaban J connectivity index is 1.51. The van der Waals surface area contributed by atoms with E-state index in [1.165, 1.54) is 6.42 Å². The first-order valence-corrected chi connectivity index (χ1v) is 12.1. The Bertz CT molecular complexity index is 1280. The minimum atomic E-state index is -0.156. The summed E-state index contributed by atoms with van der Waals surface area (Å²) in [5.74, 6) is 2.75. The number of aromatic hydroxyl groups is 1. The molecule has 0 saturated carbocycles. The Hall–Kier alpha value is -3.25. The average Bonchev–Trinajstić information content (AvgIpc) is 3.32. The van der Waals surface area contributed by atoms with Crippen molar-refractivity contribution in [1.82, 2.24) is 9.47 Å². The molecule has 1 aromatic heterocycles. The second kappa shape index (κ2) is 8.84. The summed E-state index contributed by atoms with van der Waals surface area (Å²) in [6.07, 6.45) is 5.06.